The van der Waals surface area contributed by atoms with Gasteiger partial charge in [0.2, 0.25) is 5.91 Å². The molecule has 0 bridgehead atoms. The maximum absolute atomic E-state index is 13.1. The van der Waals surface area contributed by atoms with E-state index in [1.165, 1.54) is 16.7 Å². The topological polar surface area (TPSA) is 167 Å². The molecule has 1 saturated carbocycles. The first kappa shape index (κ1) is 22.8. The number of aromatic nitrogens is 1. The molecule has 3 heterocycles. The molecular weight excluding hydrogens is 458 g/mol. The average Bonchev–Trinajstić information content (AvgIpc) is 3.26. The van der Waals surface area contributed by atoms with Gasteiger partial charge in [-0.3, -0.25) is 9.59 Å². The van der Waals surface area contributed by atoms with Crippen LogP contribution in [0.15, 0.2) is 10.5 Å². The number of carbonyl (C=O) groups excluding carboxylic acids is 2. The smallest absolute Gasteiger partial charge is 0.327 e. The zero-order valence-electron chi connectivity index (χ0n) is 17.6. The Morgan fingerprint density at radius 2 is 2.03 bits per heavy atom. The van der Waals surface area contributed by atoms with E-state index in [2.05, 4.69) is 15.5 Å². The fraction of sp³-hybridized carbons (Fsp3) is 0.632. The molecule has 11 nitrogen and oxygen atoms in total. The summed E-state index contributed by atoms with van der Waals surface area (Å²) < 4.78 is -0.694. The Labute approximate surface area is 192 Å². The van der Waals surface area contributed by atoms with Gasteiger partial charge in [0.05, 0.1) is 6.10 Å². The van der Waals surface area contributed by atoms with Crippen molar-refractivity contribution in [2.24, 2.45) is 5.16 Å². The zero-order valence-corrected chi connectivity index (χ0v) is 19.2. The number of hydrogen-bond acceptors (Lipinski definition) is 10. The van der Waals surface area contributed by atoms with E-state index in [-0.39, 0.29) is 28.7 Å². The molecule has 174 valence electrons. The molecule has 1 aliphatic carbocycles. The monoisotopic (exact) mass is 483 g/mol. The number of aliphatic hydroxyl groups excluding tert-OH is 1. The van der Waals surface area contributed by atoms with Crippen molar-refractivity contribution >= 4 is 51.7 Å². The lowest BCUT2D eigenvalue weighted by Crippen LogP contribution is -2.71. The molecule has 2 aliphatic heterocycles. The Bertz CT molecular complexity index is 958. The van der Waals surface area contributed by atoms with E-state index in [9.17, 15) is 24.6 Å². The van der Waals surface area contributed by atoms with Crippen molar-refractivity contribution in [3.63, 3.8) is 0 Å². The highest BCUT2D eigenvalue weighted by Gasteiger charge is 2.64. The number of carboxylic acids is 1. The van der Waals surface area contributed by atoms with Gasteiger partial charge in [-0.2, -0.15) is 0 Å². The van der Waals surface area contributed by atoms with Crippen LogP contribution in [-0.2, 0) is 19.2 Å². The molecule has 5 N–H and O–H groups in total. The molecule has 2 saturated heterocycles. The predicted octanol–water partition coefficient (Wildman–Crippen LogP) is 0.381. The molecule has 2 amide bonds. The van der Waals surface area contributed by atoms with Gasteiger partial charge in [-0.25, -0.2) is 9.78 Å². The Morgan fingerprint density at radius 1 is 1.34 bits per heavy atom. The van der Waals surface area contributed by atoms with Crippen LogP contribution < -0.4 is 11.1 Å². The highest BCUT2D eigenvalue weighted by molar-refractivity contribution is 8.01. The third-order valence-electron chi connectivity index (χ3n) is 5.88. The number of anilines is 1. The highest BCUT2D eigenvalue weighted by atomic mass is 32.2. The molecule has 0 aromatic carbocycles. The molecule has 0 radical (unpaired) electrons. The van der Waals surface area contributed by atoms with Crippen molar-refractivity contribution < 1.29 is 29.4 Å². The second-order valence-electron chi connectivity index (χ2n) is 8.60. The maximum Gasteiger partial charge on any atom is 0.327 e. The summed E-state index contributed by atoms with van der Waals surface area (Å²) in [5, 5.41) is 27.2. The van der Waals surface area contributed by atoms with Crippen LogP contribution >= 0.6 is 23.1 Å². The number of β-lactam (4-membered cyclic amide) rings is 1. The van der Waals surface area contributed by atoms with Gasteiger partial charge in [0.15, 0.2) is 10.8 Å². The fourth-order valence-corrected chi connectivity index (χ4v) is 6.41. The van der Waals surface area contributed by atoms with Gasteiger partial charge in [0.25, 0.3) is 5.91 Å². The zero-order chi connectivity index (χ0) is 23.2. The Balaban J connectivity index is 1.49. The molecule has 0 unspecified atom stereocenters. The number of rotatable bonds is 6. The van der Waals surface area contributed by atoms with Crippen LogP contribution in [0.2, 0.25) is 0 Å². The molecule has 3 atom stereocenters. The van der Waals surface area contributed by atoms with Crippen molar-refractivity contribution in [1.29, 1.82) is 0 Å². The first-order valence-corrected chi connectivity index (χ1v) is 12.0. The number of nitrogens with zero attached hydrogens (tertiary/aromatic N) is 3. The normalized spacial score (nSPS) is 31.6. The number of nitrogens with two attached hydrogens (primary N) is 1. The number of hydrogen-bond donors (Lipinski definition) is 4. The fourth-order valence-electron chi connectivity index (χ4n) is 4.23. The number of thiazole rings is 1. The van der Waals surface area contributed by atoms with E-state index in [0.29, 0.717) is 25.7 Å². The Morgan fingerprint density at radius 3 is 2.62 bits per heavy atom. The lowest BCUT2D eigenvalue weighted by atomic mass is 9.95. The molecule has 0 spiro atoms. The van der Waals surface area contributed by atoms with Gasteiger partial charge in [-0.1, -0.05) is 5.16 Å². The van der Waals surface area contributed by atoms with Crippen molar-refractivity contribution in [1.82, 2.24) is 15.2 Å². The minimum Gasteiger partial charge on any atom is -0.480 e. The largest absolute Gasteiger partial charge is 0.480 e. The molecular formula is C19H25N5O6S2. The molecule has 13 heteroatoms. The first-order valence-electron chi connectivity index (χ1n) is 10.3. The van der Waals surface area contributed by atoms with E-state index in [4.69, 9.17) is 10.6 Å². The van der Waals surface area contributed by atoms with Gasteiger partial charge in [0, 0.05) is 10.1 Å². The number of nitrogens with one attached hydrogen (secondary N) is 1. The van der Waals surface area contributed by atoms with Crippen LogP contribution in [0.5, 0.6) is 0 Å². The van der Waals surface area contributed by atoms with E-state index in [1.807, 2.05) is 0 Å². The minimum absolute atomic E-state index is 0.104. The van der Waals surface area contributed by atoms with Gasteiger partial charge >= 0.3 is 5.97 Å². The molecule has 3 aliphatic rings. The lowest BCUT2D eigenvalue weighted by Gasteiger charge is -2.43. The molecule has 3 fully saturated rings. The molecule has 32 heavy (non-hydrogen) atoms. The summed E-state index contributed by atoms with van der Waals surface area (Å²) in [4.78, 5) is 48.4. The van der Waals surface area contributed by atoms with Crippen molar-refractivity contribution in [2.45, 2.75) is 73.9 Å². The van der Waals surface area contributed by atoms with E-state index >= 15 is 0 Å². The third-order valence-corrected chi connectivity index (χ3v) is 8.12. The second-order valence-corrected chi connectivity index (χ2v) is 11.3. The van der Waals surface area contributed by atoms with E-state index < -0.39 is 40.0 Å². The van der Waals surface area contributed by atoms with E-state index in [0.717, 1.165) is 11.3 Å². The van der Waals surface area contributed by atoms with Gasteiger partial charge in [-0.15, -0.1) is 23.1 Å². The van der Waals surface area contributed by atoms with Crippen molar-refractivity contribution in [3.05, 3.63) is 11.1 Å². The molecule has 1 aromatic rings. The Kier molecular flexibility index (Phi) is 6.07. The van der Waals surface area contributed by atoms with Gasteiger partial charge in [-0.05, 0) is 39.5 Å². The summed E-state index contributed by atoms with van der Waals surface area (Å²) in [5.74, 6) is -2.18. The van der Waals surface area contributed by atoms with Gasteiger partial charge < -0.3 is 31.0 Å². The molecule has 1 aromatic heterocycles. The number of nitrogen functional groups attached to an aromatic ring is 1. The summed E-state index contributed by atoms with van der Waals surface area (Å²) >= 11 is 2.48. The summed E-state index contributed by atoms with van der Waals surface area (Å²) in [6.07, 6.45) is 1.82. The number of aliphatic carboxylic acids is 1. The SMILES string of the molecule is CC1(C)S[C@@H]2[C@@H](NC(=O)C(=NOC3CCC(O)CC3)c3csc(N)n3)C(=O)N2[C@H]1C(=O)O. The first-order chi connectivity index (χ1) is 15.1. The second kappa shape index (κ2) is 8.52. The van der Waals surface area contributed by atoms with Crippen molar-refractivity contribution in [2.75, 3.05) is 5.73 Å². The lowest BCUT2D eigenvalue weighted by molar-refractivity contribution is -0.160. The summed E-state index contributed by atoms with van der Waals surface area (Å²) in [6, 6.07) is -1.84. The number of fused-ring (bicyclic) bond motifs is 1. The van der Waals surface area contributed by atoms with Crippen LogP contribution in [0.25, 0.3) is 0 Å². The van der Waals surface area contributed by atoms with E-state index in [1.54, 1.807) is 19.2 Å². The summed E-state index contributed by atoms with van der Waals surface area (Å²) in [6.45, 7) is 3.53. The Hall–Kier alpha value is -2.38. The minimum atomic E-state index is -1.07. The quantitative estimate of drug-likeness (QED) is 0.254. The van der Waals surface area contributed by atoms with Crippen LogP contribution in [-0.4, -0.2) is 78.0 Å². The molecule has 4 rings (SSSR count). The summed E-state index contributed by atoms with van der Waals surface area (Å²) in [7, 11) is 0. The van der Waals surface area contributed by atoms with Crippen LogP contribution in [0.3, 0.4) is 0 Å². The standard InChI is InChI=1S/C19H25N5O6S2/c1-19(2)13(17(28)29)24-15(27)12(16(24)32-19)22-14(26)11(10-7-31-18(20)21-10)23-30-9-5-3-8(25)4-6-9/h7-9,12-13,16,25H,3-6H2,1-2H3,(H2,20,21)(H,22,26)(H,28,29)/t8?,9?,12-,13-,16+/m0/s1. The summed E-state index contributed by atoms with van der Waals surface area (Å²) in [5.41, 5.74) is 5.83. The van der Waals surface area contributed by atoms with Crippen LogP contribution in [0.4, 0.5) is 5.13 Å². The van der Waals surface area contributed by atoms with Crippen molar-refractivity contribution in [3.8, 4) is 0 Å². The van der Waals surface area contributed by atoms with Crippen LogP contribution in [0, 0.1) is 0 Å². The number of carboxylic acid groups (broad SMARTS) is 1. The highest BCUT2D eigenvalue weighted by Crippen LogP contribution is 2.50. The average molecular weight is 484 g/mol. The number of oxime groups is 1. The number of aliphatic hydroxyl groups is 1. The number of carbonyl (C=O) groups is 3. The van der Waals surface area contributed by atoms with Gasteiger partial charge in [0.1, 0.15) is 29.3 Å². The number of amides is 2. The van der Waals surface area contributed by atoms with Crippen LogP contribution in [0.1, 0.15) is 45.2 Å². The number of thioether (sulfide) groups is 1. The predicted molar refractivity (Wildman–Crippen MR) is 118 cm³/mol. The third kappa shape index (κ3) is 4.16. The maximum atomic E-state index is 13.1.